The summed E-state index contributed by atoms with van der Waals surface area (Å²) in [5.41, 5.74) is 1.44. The first-order valence-corrected chi connectivity index (χ1v) is 8.37. The van der Waals surface area contributed by atoms with Gasteiger partial charge in [0.25, 0.3) is 5.91 Å². The summed E-state index contributed by atoms with van der Waals surface area (Å²) in [4.78, 5) is 40.7. The Kier molecular flexibility index (Phi) is 3.99. The molecule has 1 aromatic heterocycles. The molecule has 27 heavy (non-hydrogen) atoms. The van der Waals surface area contributed by atoms with Gasteiger partial charge in [0.05, 0.1) is 11.1 Å². The molecule has 0 saturated carbocycles. The number of H-pyrrole nitrogens is 1. The van der Waals surface area contributed by atoms with Crippen molar-refractivity contribution in [3.05, 3.63) is 81.4 Å². The number of carbonyl (C=O) groups excluding carboxylic acids is 1. The van der Waals surface area contributed by atoms with Crippen molar-refractivity contribution in [2.75, 3.05) is 0 Å². The summed E-state index contributed by atoms with van der Waals surface area (Å²) in [5, 5.41) is 9.99. The van der Waals surface area contributed by atoms with E-state index in [4.69, 9.17) is 0 Å². The molecule has 0 spiro atoms. The summed E-state index contributed by atoms with van der Waals surface area (Å²) in [6.45, 7) is 0.126. The van der Waals surface area contributed by atoms with Gasteiger partial charge in [-0.2, -0.15) is 0 Å². The molecular formula is C20H15FN2O4. The fraction of sp³-hybridized carbons (Fsp3) is 0.150. The summed E-state index contributed by atoms with van der Waals surface area (Å²) >= 11 is 0. The van der Waals surface area contributed by atoms with Gasteiger partial charge in [0.1, 0.15) is 11.9 Å². The number of nitrogens with one attached hydrogen (secondary N) is 1. The minimum atomic E-state index is -1.11. The van der Waals surface area contributed by atoms with Crippen molar-refractivity contribution < 1.29 is 19.1 Å². The van der Waals surface area contributed by atoms with E-state index in [1.807, 2.05) is 24.3 Å². The van der Waals surface area contributed by atoms with E-state index < -0.39 is 29.3 Å². The monoisotopic (exact) mass is 366 g/mol. The van der Waals surface area contributed by atoms with Crippen LogP contribution < -0.4 is 5.56 Å². The van der Waals surface area contributed by atoms with Crippen molar-refractivity contribution in [3.8, 4) is 0 Å². The van der Waals surface area contributed by atoms with Crippen LogP contribution in [0.15, 0.2) is 53.3 Å². The highest BCUT2D eigenvalue weighted by Crippen LogP contribution is 2.27. The minimum Gasteiger partial charge on any atom is -0.480 e. The van der Waals surface area contributed by atoms with Crippen LogP contribution in [0.2, 0.25) is 0 Å². The van der Waals surface area contributed by atoms with Gasteiger partial charge in [-0.1, -0.05) is 24.3 Å². The number of carboxylic acid groups (broad SMARTS) is 1. The molecule has 2 aromatic carbocycles. The predicted molar refractivity (Wildman–Crippen MR) is 96.0 cm³/mol. The molecule has 0 saturated heterocycles. The van der Waals surface area contributed by atoms with Crippen LogP contribution in [-0.2, 0) is 17.8 Å². The van der Waals surface area contributed by atoms with Crippen LogP contribution in [-0.4, -0.2) is 32.9 Å². The van der Waals surface area contributed by atoms with Crippen LogP contribution in [0.1, 0.15) is 21.5 Å². The van der Waals surface area contributed by atoms with Crippen LogP contribution in [0, 0.1) is 5.82 Å². The zero-order valence-corrected chi connectivity index (χ0v) is 14.1. The number of rotatable bonds is 2. The van der Waals surface area contributed by atoms with Crippen molar-refractivity contribution in [1.82, 2.24) is 9.88 Å². The zero-order valence-electron chi connectivity index (χ0n) is 14.1. The van der Waals surface area contributed by atoms with Crippen LogP contribution in [0.5, 0.6) is 0 Å². The quantitative estimate of drug-likeness (QED) is 0.728. The summed E-state index contributed by atoms with van der Waals surface area (Å²) in [6.07, 6.45) is 0.187. The van der Waals surface area contributed by atoms with Crippen molar-refractivity contribution in [2.24, 2.45) is 0 Å². The number of benzene rings is 2. The lowest BCUT2D eigenvalue weighted by Crippen LogP contribution is -2.48. The summed E-state index contributed by atoms with van der Waals surface area (Å²) in [5.74, 6) is -2.23. The minimum absolute atomic E-state index is 0.0550. The average molecular weight is 366 g/mol. The molecule has 6 nitrogen and oxygen atoms in total. The highest BCUT2D eigenvalue weighted by atomic mass is 19.1. The number of carbonyl (C=O) groups is 2. The van der Waals surface area contributed by atoms with E-state index in [0.717, 1.165) is 23.3 Å². The van der Waals surface area contributed by atoms with Crippen LogP contribution in [0.4, 0.5) is 4.39 Å². The lowest BCUT2D eigenvalue weighted by atomic mass is 9.93. The van der Waals surface area contributed by atoms with Gasteiger partial charge < -0.3 is 15.0 Å². The van der Waals surface area contributed by atoms with E-state index in [1.165, 1.54) is 17.0 Å². The van der Waals surface area contributed by atoms with Crippen LogP contribution in [0.3, 0.4) is 0 Å². The Hall–Kier alpha value is -3.48. The second kappa shape index (κ2) is 6.35. The lowest BCUT2D eigenvalue weighted by Gasteiger charge is -2.34. The third-order valence-electron chi connectivity index (χ3n) is 4.83. The second-order valence-electron chi connectivity index (χ2n) is 6.50. The summed E-state index contributed by atoms with van der Waals surface area (Å²) in [7, 11) is 0. The van der Waals surface area contributed by atoms with Gasteiger partial charge in [-0.3, -0.25) is 9.59 Å². The molecule has 2 N–H and O–H groups in total. The van der Waals surface area contributed by atoms with Gasteiger partial charge in [-0.25, -0.2) is 9.18 Å². The normalized spacial score (nSPS) is 16.2. The van der Waals surface area contributed by atoms with E-state index in [1.54, 1.807) is 0 Å². The number of amides is 1. The maximum Gasteiger partial charge on any atom is 0.326 e. The molecular weight excluding hydrogens is 351 g/mol. The topological polar surface area (TPSA) is 90.5 Å². The number of pyridine rings is 1. The van der Waals surface area contributed by atoms with Gasteiger partial charge in [0.2, 0.25) is 5.56 Å². The van der Waals surface area contributed by atoms with Crippen LogP contribution in [0.25, 0.3) is 10.9 Å². The van der Waals surface area contributed by atoms with Crippen molar-refractivity contribution in [2.45, 2.75) is 19.0 Å². The third kappa shape index (κ3) is 2.97. The largest absolute Gasteiger partial charge is 0.480 e. The molecule has 0 bridgehead atoms. The molecule has 136 valence electrons. The third-order valence-corrected chi connectivity index (χ3v) is 4.83. The van der Waals surface area contributed by atoms with Crippen LogP contribution >= 0.6 is 0 Å². The number of carboxylic acids is 1. The Morgan fingerprint density at radius 1 is 1.11 bits per heavy atom. The van der Waals surface area contributed by atoms with Gasteiger partial charge in [0, 0.05) is 24.4 Å². The zero-order chi connectivity index (χ0) is 19.1. The Morgan fingerprint density at radius 2 is 1.85 bits per heavy atom. The van der Waals surface area contributed by atoms with Gasteiger partial charge in [-0.05, 0) is 29.3 Å². The van der Waals surface area contributed by atoms with E-state index in [0.29, 0.717) is 5.39 Å². The Balaban J connectivity index is 1.83. The smallest absolute Gasteiger partial charge is 0.326 e. The first-order valence-electron chi connectivity index (χ1n) is 8.37. The number of halogens is 1. The lowest BCUT2D eigenvalue weighted by molar-refractivity contribution is -0.142. The number of hydrogen-bond acceptors (Lipinski definition) is 3. The average Bonchev–Trinajstić information content (AvgIpc) is 2.65. The highest BCUT2D eigenvalue weighted by Gasteiger charge is 2.35. The Labute approximate surface area is 152 Å². The standard InChI is InChI=1S/C20H15FN2O4/c21-13-5-6-14-15(9-18(24)22-16(14)8-13)19(25)23-10-12-4-2-1-3-11(12)7-17(23)20(26)27/h1-6,8-9,17H,7,10H2,(H,22,24)(H,26,27). The van der Waals surface area contributed by atoms with E-state index in [-0.39, 0.29) is 24.0 Å². The molecule has 7 heteroatoms. The summed E-state index contributed by atoms with van der Waals surface area (Å²) < 4.78 is 13.5. The fourth-order valence-electron chi connectivity index (χ4n) is 3.52. The molecule has 1 aliphatic rings. The maximum absolute atomic E-state index is 13.5. The number of aliphatic carboxylic acids is 1. The van der Waals surface area contributed by atoms with Gasteiger partial charge in [-0.15, -0.1) is 0 Å². The molecule has 1 amide bonds. The number of aromatic nitrogens is 1. The summed E-state index contributed by atoms with van der Waals surface area (Å²) in [6, 6.07) is 11.2. The first-order chi connectivity index (χ1) is 12.9. The Bertz CT molecular complexity index is 1140. The molecule has 1 atom stereocenters. The SMILES string of the molecule is O=C(O)C1Cc2ccccc2CN1C(=O)c1cc(=O)[nH]c2cc(F)ccc12. The highest BCUT2D eigenvalue weighted by molar-refractivity contribution is 6.07. The molecule has 2 heterocycles. The van der Waals surface area contributed by atoms with Crippen molar-refractivity contribution >= 4 is 22.8 Å². The number of hydrogen-bond donors (Lipinski definition) is 2. The van der Waals surface area contributed by atoms with E-state index in [9.17, 15) is 23.9 Å². The Morgan fingerprint density at radius 3 is 2.59 bits per heavy atom. The predicted octanol–water partition coefficient (Wildman–Crippen LogP) is 2.32. The van der Waals surface area contributed by atoms with E-state index >= 15 is 0 Å². The maximum atomic E-state index is 13.5. The van der Waals surface area contributed by atoms with Crippen molar-refractivity contribution in [3.63, 3.8) is 0 Å². The number of nitrogens with zero attached hydrogens (tertiary/aromatic N) is 1. The molecule has 0 radical (unpaired) electrons. The first kappa shape index (κ1) is 17.0. The van der Waals surface area contributed by atoms with Gasteiger partial charge in [0.15, 0.2) is 0 Å². The molecule has 3 aromatic rings. The van der Waals surface area contributed by atoms with Gasteiger partial charge >= 0.3 is 5.97 Å². The molecule has 0 fully saturated rings. The second-order valence-corrected chi connectivity index (χ2v) is 6.50. The number of fused-ring (bicyclic) bond motifs is 2. The molecule has 0 aliphatic carbocycles. The molecule has 4 rings (SSSR count). The number of aromatic amines is 1. The van der Waals surface area contributed by atoms with E-state index in [2.05, 4.69) is 4.98 Å². The molecule has 1 unspecified atom stereocenters. The molecule has 1 aliphatic heterocycles. The fourth-order valence-corrected chi connectivity index (χ4v) is 3.52. The van der Waals surface area contributed by atoms with Crippen molar-refractivity contribution in [1.29, 1.82) is 0 Å².